The summed E-state index contributed by atoms with van der Waals surface area (Å²) in [5.74, 6) is 1.94. The van der Waals surface area contributed by atoms with Crippen LogP contribution in [0.15, 0.2) is 48.7 Å². The summed E-state index contributed by atoms with van der Waals surface area (Å²) in [5, 5.41) is 8.26. The molecular weight excluding hydrogens is 412 g/mol. The fourth-order valence-electron chi connectivity index (χ4n) is 3.91. The fourth-order valence-corrected chi connectivity index (χ4v) is 4.10. The van der Waals surface area contributed by atoms with Gasteiger partial charge >= 0.3 is 0 Å². The van der Waals surface area contributed by atoms with Gasteiger partial charge in [0.05, 0.1) is 18.2 Å². The molecule has 0 radical (unpaired) electrons. The van der Waals surface area contributed by atoms with Gasteiger partial charge in [0.25, 0.3) is 0 Å². The third-order valence-electron chi connectivity index (χ3n) is 5.47. The van der Waals surface area contributed by atoms with Crippen LogP contribution in [0.3, 0.4) is 0 Å². The average molecular weight is 435 g/mol. The SMILES string of the molecule is COc1cc2c(cc1Nc1nc(Nc3cccc(Cl)c3)c3cc[nH]c3n1)CN(C)CC2. The van der Waals surface area contributed by atoms with Crippen molar-refractivity contribution >= 4 is 45.8 Å². The minimum atomic E-state index is 0.474. The first-order valence-electron chi connectivity index (χ1n) is 10.1. The number of methoxy groups -OCH3 is 1. The molecule has 3 heterocycles. The quantitative estimate of drug-likeness (QED) is 0.406. The molecule has 0 amide bonds. The summed E-state index contributed by atoms with van der Waals surface area (Å²) in [6, 6.07) is 13.7. The second-order valence-electron chi connectivity index (χ2n) is 7.71. The van der Waals surface area contributed by atoms with Crippen molar-refractivity contribution in [2.75, 3.05) is 31.3 Å². The Labute approximate surface area is 185 Å². The maximum Gasteiger partial charge on any atom is 0.231 e. The van der Waals surface area contributed by atoms with Crippen LogP contribution in [0, 0.1) is 0 Å². The summed E-state index contributed by atoms with van der Waals surface area (Å²) in [4.78, 5) is 14.9. The van der Waals surface area contributed by atoms with Gasteiger partial charge in [-0.2, -0.15) is 9.97 Å². The molecule has 0 spiro atoms. The molecule has 3 N–H and O–H groups in total. The number of likely N-dealkylation sites (N-methyl/N-ethyl adjacent to an activating group) is 1. The number of nitrogens with zero attached hydrogens (tertiary/aromatic N) is 3. The summed E-state index contributed by atoms with van der Waals surface area (Å²) in [5.41, 5.74) is 5.05. The maximum absolute atomic E-state index is 6.14. The van der Waals surface area contributed by atoms with Gasteiger partial charge in [0, 0.05) is 30.0 Å². The van der Waals surface area contributed by atoms with E-state index in [1.807, 2.05) is 36.5 Å². The number of fused-ring (bicyclic) bond motifs is 2. The van der Waals surface area contributed by atoms with Gasteiger partial charge in [-0.3, -0.25) is 0 Å². The first-order valence-corrected chi connectivity index (χ1v) is 10.5. The second-order valence-corrected chi connectivity index (χ2v) is 8.14. The fraction of sp³-hybridized carbons (Fsp3) is 0.217. The Hall–Kier alpha value is -3.29. The first-order chi connectivity index (χ1) is 15.1. The number of anilines is 4. The molecule has 158 valence electrons. The van der Waals surface area contributed by atoms with Crippen LogP contribution >= 0.6 is 11.6 Å². The lowest BCUT2D eigenvalue weighted by atomic mass is 9.99. The van der Waals surface area contributed by atoms with Gasteiger partial charge in [-0.1, -0.05) is 17.7 Å². The highest BCUT2D eigenvalue weighted by molar-refractivity contribution is 6.30. The highest BCUT2D eigenvalue weighted by atomic mass is 35.5. The first kappa shape index (κ1) is 19.7. The second kappa shape index (κ2) is 8.09. The Bertz CT molecular complexity index is 1250. The molecule has 0 aliphatic carbocycles. The summed E-state index contributed by atoms with van der Waals surface area (Å²) in [7, 11) is 3.82. The van der Waals surface area contributed by atoms with E-state index in [0.717, 1.165) is 47.7 Å². The van der Waals surface area contributed by atoms with Gasteiger partial charge in [-0.15, -0.1) is 0 Å². The third-order valence-corrected chi connectivity index (χ3v) is 5.71. The highest BCUT2D eigenvalue weighted by Crippen LogP contribution is 2.34. The topological polar surface area (TPSA) is 78.1 Å². The van der Waals surface area contributed by atoms with Crippen molar-refractivity contribution in [1.29, 1.82) is 0 Å². The Morgan fingerprint density at radius 2 is 2.00 bits per heavy atom. The van der Waals surface area contributed by atoms with Crippen LogP contribution in [-0.2, 0) is 13.0 Å². The van der Waals surface area contributed by atoms with Crippen LogP contribution < -0.4 is 15.4 Å². The number of hydrogen-bond donors (Lipinski definition) is 3. The molecular formula is C23H23ClN6O. The van der Waals surface area contributed by atoms with Crippen LogP contribution in [0.1, 0.15) is 11.1 Å². The highest BCUT2D eigenvalue weighted by Gasteiger charge is 2.18. The summed E-state index contributed by atoms with van der Waals surface area (Å²) < 4.78 is 5.65. The van der Waals surface area contributed by atoms with Gasteiger partial charge in [0.1, 0.15) is 17.2 Å². The Kier molecular flexibility index (Phi) is 5.13. The summed E-state index contributed by atoms with van der Waals surface area (Å²) in [6.45, 7) is 1.96. The molecule has 0 fully saturated rings. The van der Waals surface area contributed by atoms with Gasteiger partial charge in [0.2, 0.25) is 5.95 Å². The van der Waals surface area contributed by atoms with E-state index in [2.05, 4.69) is 44.7 Å². The smallest absolute Gasteiger partial charge is 0.231 e. The van der Waals surface area contributed by atoms with E-state index in [1.54, 1.807) is 7.11 Å². The lowest BCUT2D eigenvalue weighted by Crippen LogP contribution is -2.26. The zero-order valence-corrected chi connectivity index (χ0v) is 18.1. The van der Waals surface area contributed by atoms with Crippen molar-refractivity contribution in [3.63, 3.8) is 0 Å². The van der Waals surface area contributed by atoms with Crippen LogP contribution in [0.2, 0.25) is 5.02 Å². The van der Waals surface area contributed by atoms with Crippen molar-refractivity contribution in [2.24, 2.45) is 0 Å². The van der Waals surface area contributed by atoms with Crippen molar-refractivity contribution in [3.8, 4) is 5.75 Å². The third kappa shape index (κ3) is 4.02. The summed E-state index contributed by atoms with van der Waals surface area (Å²) >= 11 is 6.14. The van der Waals surface area contributed by atoms with Crippen molar-refractivity contribution < 1.29 is 4.74 Å². The number of ether oxygens (including phenoxy) is 1. The molecule has 0 saturated heterocycles. The Balaban J connectivity index is 1.52. The van der Waals surface area contributed by atoms with E-state index >= 15 is 0 Å². The molecule has 8 heteroatoms. The minimum absolute atomic E-state index is 0.474. The lowest BCUT2D eigenvalue weighted by Gasteiger charge is -2.26. The number of rotatable bonds is 5. The Morgan fingerprint density at radius 3 is 2.84 bits per heavy atom. The minimum Gasteiger partial charge on any atom is -0.495 e. The molecule has 7 nitrogen and oxygen atoms in total. The number of benzene rings is 2. The molecule has 0 unspecified atom stereocenters. The molecule has 0 atom stereocenters. The number of hydrogen-bond acceptors (Lipinski definition) is 6. The van der Waals surface area contributed by atoms with Crippen LogP contribution in [0.5, 0.6) is 5.75 Å². The number of H-pyrrole nitrogens is 1. The predicted octanol–water partition coefficient (Wildman–Crippen LogP) is 5.10. The maximum atomic E-state index is 6.14. The van der Waals surface area contributed by atoms with Crippen molar-refractivity contribution in [3.05, 3.63) is 64.8 Å². The zero-order chi connectivity index (χ0) is 21.4. The van der Waals surface area contributed by atoms with E-state index in [1.165, 1.54) is 11.1 Å². The van der Waals surface area contributed by atoms with Gasteiger partial charge in [0.15, 0.2) is 0 Å². The molecule has 2 aromatic heterocycles. The number of nitrogens with one attached hydrogen (secondary N) is 3. The predicted molar refractivity (Wildman–Crippen MR) is 125 cm³/mol. The molecule has 5 rings (SSSR count). The molecule has 0 saturated carbocycles. The molecule has 0 bridgehead atoms. The van der Waals surface area contributed by atoms with E-state index in [9.17, 15) is 0 Å². The Morgan fingerprint density at radius 1 is 1.10 bits per heavy atom. The lowest BCUT2D eigenvalue weighted by molar-refractivity contribution is 0.312. The van der Waals surface area contributed by atoms with E-state index in [4.69, 9.17) is 21.3 Å². The molecule has 2 aromatic carbocycles. The average Bonchev–Trinajstić information content (AvgIpc) is 3.22. The number of aromatic nitrogens is 3. The van der Waals surface area contributed by atoms with E-state index in [0.29, 0.717) is 16.8 Å². The standard InChI is InChI=1S/C23H23ClN6O/c1-30-9-7-14-11-20(31-2)19(10-15(14)13-30)27-23-28-21-18(6-8-25-21)22(29-23)26-17-5-3-4-16(24)12-17/h3-6,8,10-12H,7,9,13H2,1-2H3,(H3,25,26,27,28,29). The van der Waals surface area contributed by atoms with E-state index < -0.39 is 0 Å². The van der Waals surface area contributed by atoms with Crippen molar-refractivity contribution in [2.45, 2.75) is 13.0 Å². The molecule has 31 heavy (non-hydrogen) atoms. The van der Waals surface area contributed by atoms with Gasteiger partial charge < -0.3 is 25.3 Å². The number of aromatic amines is 1. The van der Waals surface area contributed by atoms with Crippen LogP contribution in [0.4, 0.5) is 23.1 Å². The van der Waals surface area contributed by atoms with E-state index in [-0.39, 0.29) is 0 Å². The van der Waals surface area contributed by atoms with Crippen molar-refractivity contribution in [1.82, 2.24) is 19.9 Å². The van der Waals surface area contributed by atoms with Gasteiger partial charge in [-0.05, 0) is 61.0 Å². The number of halogens is 1. The molecule has 4 aromatic rings. The monoisotopic (exact) mass is 434 g/mol. The molecule has 1 aliphatic heterocycles. The zero-order valence-electron chi connectivity index (χ0n) is 17.4. The van der Waals surface area contributed by atoms with Crippen LogP contribution in [0.25, 0.3) is 11.0 Å². The normalized spacial score (nSPS) is 13.8. The van der Waals surface area contributed by atoms with Gasteiger partial charge in [-0.25, -0.2) is 0 Å². The largest absolute Gasteiger partial charge is 0.495 e. The molecule has 1 aliphatic rings. The summed E-state index contributed by atoms with van der Waals surface area (Å²) in [6.07, 6.45) is 2.86. The van der Waals surface area contributed by atoms with Crippen LogP contribution in [-0.4, -0.2) is 40.6 Å².